The molecule has 1 saturated heterocycles. The number of aliphatic hydroxyl groups is 1. The van der Waals surface area contributed by atoms with Crippen molar-refractivity contribution in [3.05, 3.63) is 112 Å². The van der Waals surface area contributed by atoms with Crippen LogP contribution in [-0.2, 0) is 15.6 Å². The first-order valence-corrected chi connectivity index (χ1v) is 13.6. The van der Waals surface area contributed by atoms with Gasteiger partial charge in [-0.2, -0.15) is 8.78 Å². The van der Waals surface area contributed by atoms with Crippen LogP contribution in [0.15, 0.2) is 54.6 Å². The Labute approximate surface area is 254 Å². The summed E-state index contributed by atoms with van der Waals surface area (Å²) in [6.07, 6.45) is -4.56. The first kappa shape index (κ1) is 33.2. The van der Waals surface area contributed by atoms with E-state index in [1.165, 1.54) is 12.1 Å². The summed E-state index contributed by atoms with van der Waals surface area (Å²) >= 11 is 0. The molecular formula is C32H22F10O4. The summed E-state index contributed by atoms with van der Waals surface area (Å²) in [4.78, 5) is 0. The number of rotatable bonds is 9. The number of aliphatic hydroxyl groups excluding tert-OH is 1. The van der Waals surface area contributed by atoms with E-state index in [1.54, 1.807) is 0 Å². The Balaban J connectivity index is 1.38. The van der Waals surface area contributed by atoms with E-state index >= 15 is 13.2 Å². The predicted octanol–water partition coefficient (Wildman–Crippen LogP) is 8.70. The zero-order valence-corrected chi connectivity index (χ0v) is 23.3. The van der Waals surface area contributed by atoms with Crippen LogP contribution in [0.4, 0.5) is 43.9 Å². The fraction of sp³-hybridized carbons (Fsp3) is 0.250. The van der Waals surface area contributed by atoms with Crippen molar-refractivity contribution < 1.29 is 63.2 Å². The van der Waals surface area contributed by atoms with E-state index in [9.17, 15) is 30.7 Å². The number of halogens is 10. The van der Waals surface area contributed by atoms with Crippen LogP contribution in [0.5, 0.6) is 5.75 Å². The summed E-state index contributed by atoms with van der Waals surface area (Å²) in [7, 11) is 0. The standard InChI is InChI=1S/C32H22F10O4/c33-21-6-16(31-44-13-15(14-45-31)2-1-5-43)3-4-20(21)17-7-22(34)28(23(35)8-17)18-9-24(36)29(25(37)10-18)32(41,42)46-19-11-26(38)30(40)27(39)12-19/h3-4,6-12,15,31,43H,1-2,5,13-14H2. The van der Waals surface area contributed by atoms with Crippen LogP contribution in [0.1, 0.15) is 30.3 Å². The second kappa shape index (κ2) is 13.3. The zero-order chi connectivity index (χ0) is 33.3. The minimum absolute atomic E-state index is 0.0211. The molecule has 0 radical (unpaired) electrons. The van der Waals surface area contributed by atoms with Gasteiger partial charge in [0.15, 0.2) is 23.7 Å². The molecule has 0 bridgehead atoms. The van der Waals surface area contributed by atoms with E-state index in [-0.39, 0.29) is 47.9 Å². The molecule has 14 heteroatoms. The third-order valence-corrected chi connectivity index (χ3v) is 7.18. The maximum absolute atomic E-state index is 15.2. The van der Waals surface area contributed by atoms with E-state index < -0.39 is 81.4 Å². The Morgan fingerprint density at radius 3 is 1.80 bits per heavy atom. The normalized spacial score (nSPS) is 16.9. The molecule has 0 aromatic heterocycles. The van der Waals surface area contributed by atoms with Gasteiger partial charge in [0.2, 0.25) is 0 Å². The summed E-state index contributed by atoms with van der Waals surface area (Å²) in [5.74, 6) is -14.9. The highest BCUT2D eigenvalue weighted by Gasteiger charge is 2.42. The fourth-order valence-corrected chi connectivity index (χ4v) is 4.98. The van der Waals surface area contributed by atoms with Gasteiger partial charge < -0.3 is 19.3 Å². The van der Waals surface area contributed by atoms with Gasteiger partial charge in [-0.1, -0.05) is 12.1 Å². The molecular weight excluding hydrogens is 638 g/mol. The number of hydrogen-bond acceptors (Lipinski definition) is 4. The van der Waals surface area contributed by atoms with Gasteiger partial charge in [0, 0.05) is 35.8 Å². The molecule has 1 N–H and O–H groups in total. The molecule has 5 rings (SSSR count). The highest BCUT2D eigenvalue weighted by molar-refractivity contribution is 5.72. The summed E-state index contributed by atoms with van der Waals surface area (Å²) in [6, 6.07) is 5.44. The van der Waals surface area contributed by atoms with Crippen molar-refractivity contribution in [1.29, 1.82) is 0 Å². The monoisotopic (exact) mass is 660 g/mol. The molecule has 1 aliphatic rings. The van der Waals surface area contributed by atoms with Crippen molar-refractivity contribution >= 4 is 0 Å². The molecule has 4 nitrogen and oxygen atoms in total. The highest BCUT2D eigenvalue weighted by atomic mass is 19.3. The molecule has 1 heterocycles. The van der Waals surface area contributed by atoms with Crippen molar-refractivity contribution in [2.45, 2.75) is 25.2 Å². The average molecular weight is 661 g/mol. The molecule has 0 aliphatic carbocycles. The van der Waals surface area contributed by atoms with E-state index in [0.29, 0.717) is 43.8 Å². The lowest BCUT2D eigenvalue weighted by atomic mass is 9.96. The first-order chi connectivity index (χ1) is 21.8. The van der Waals surface area contributed by atoms with Crippen LogP contribution in [0.25, 0.3) is 22.3 Å². The fourth-order valence-electron chi connectivity index (χ4n) is 4.98. The Kier molecular flexibility index (Phi) is 9.61. The minimum atomic E-state index is -4.91. The molecule has 0 unspecified atom stereocenters. The van der Waals surface area contributed by atoms with Gasteiger partial charge in [0.05, 0.1) is 18.8 Å². The van der Waals surface area contributed by atoms with Gasteiger partial charge in [-0.25, -0.2) is 35.1 Å². The molecule has 4 aromatic rings. The van der Waals surface area contributed by atoms with Crippen LogP contribution < -0.4 is 4.74 Å². The third kappa shape index (κ3) is 6.83. The lowest BCUT2D eigenvalue weighted by Crippen LogP contribution is -2.27. The van der Waals surface area contributed by atoms with Crippen LogP contribution in [0.2, 0.25) is 0 Å². The van der Waals surface area contributed by atoms with Crippen molar-refractivity contribution in [2.24, 2.45) is 5.92 Å². The second-order valence-corrected chi connectivity index (χ2v) is 10.4. The third-order valence-electron chi connectivity index (χ3n) is 7.18. The Hall–Kier alpha value is -4.14. The quantitative estimate of drug-likeness (QED) is 0.144. The van der Waals surface area contributed by atoms with Crippen LogP contribution in [0.3, 0.4) is 0 Å². The molecule has 46 heavy (non-hydrogen) atoms. The van der Waals surface area contributed by atoms with Crippen molar-refractivity contribution in [3.8, 4) is 28.0 Å². The van der Waals surface area contributed by atoms with Crippen molar-refractivity contribution in [3.63, 3.8) is 0 Å². The smallest absolute Gasteiger partial charge is 0.429 e. The summed E-state index contributed by atoms with van der Waals surface area (Å²) in [5, 5.41) is 8.95. The van der Waals surface area contributed by atoms with Gasteiger partial charge in [-0.15, -0.1) is 0 Å². The lowest BCUT2D eigenvalue weighted by molar-refractivity contribution is -0.206. The van der Waals surface area contributed by atoms with E-state index in [1.807, 2.05) is 0 Å². The van der Waals surface area contributed by atoms with Crippen LogP contribution in [-0.4, -0.2) is 24.9 Å². The first-order valence-electron chi connectivity index (χ1n) is 13.6. The number of ether oxygens (including phenoxy) is 3. The number of alkyl halides is 2. The van der Waals surface area contributed by atoms with Crippen LogP contribution >= 0.6 is 0 Å². The molecule has 0 spiro atoms. The van der Waals surface area contributed by atoms with E-state index in [2.05, 4.69) is 4.74 Å². The maximum Gasteiger partial charge on any atom is 0.432 e. The van der Waals surface area contributed by atoms with Crippen LogP contribution in [0, 0.1) is 52.5 Å². The average Bonchev–Trinajstić information content (AvgIpc) is 2.98. The topological polar surface area (TPSA) is 47.9 Å². The van der Waals surface area contributed by atoms with Gasteiger partial charge in [-0.3, -0.25) is 0 Å². The number of hydrogen-bond donors (Lipinski definition) is 1. The molecule has 1 fully saturated rings. The second-order valence-electron chi connectivity index (χ2n) is 10.4. The Morgan fingerprint density at radius 1 is 0.696 bits per heavy atom. The predicted molar refractivity (Wildman–Crippen MR) is 142 cm³/mol. The molecule has 244 valence electrons. The molecule has 0 saturated carbocycles. The van der Waals surface area contributed by atoms with Gasteiger partial charge in [0.25, 0.3) is 0 Å². The van der Waals surface area contributed by atoms with Gasteiger partial charge in [-0.05, 0) is 54.3 Å². The maximum atomic E-state index is 15.2. The number of benzene rings is 4. The largest absolute Gasteiger partial charge is 0.432 e. The SMILES string of the molecule is OCCCC1COC(c2ccc(-c3cc(F)c(-c4cc(F)c(C(F)(F)Oc5cc(F)c(F)c(F)c5)c(F)c4)c(F)c3)c(F)c2)OC1. The summed E-state index contributed by atoms with van der Waals surface area (Å²) in [5.41, 5.74) is -4.20. The highest BCUT2D eigenvalue weighted by Crippen LogP contribution is 2.40. The zero-order valence-electron chi connectivity index (χ0n) is 23.3. The van der Waals surface area contributed by atoms with E-state index in [4.69, 9.17) is 14.6 Å². The minimum Gasteiger partial charge on any atom is -0.429 e. The molecule has 0 atom stereocenters. The molecule has 0 amide bonds. The molecule has 1 aliphatic heterocycles. The van der Waals surface area contributed by atoms with Crippen molar-refractivity contribution in [1.82, 2.24) is 0 Å². The molecule has 4 aromatic carbocycles. The summed E-state index contributed by atoms with van der Waals surface area (Å²) in [6.45, 7) is 0.650. The van der Waals surface area contributed by atoms with Gasteiger partial charge >= 0.3 is 6.11 Å². The lowest BCUT2D eigenvalue weighted by Gasteiger charge is -2.29. The Bertz CT molecular complexity index is 1690. The van der Waals surface area contributed by atoms with Crippen molar-refractivity contribution in [2.75, 3.05) is 19.8 Å². The van der Waals surface area contributed by atoms with Gasteiger partial charge in [0.1, 0.15) is 40.4 Å². The summed E-state index contributed by atoms with van der Waals surface area (Å²) < 4.78 is 160. The Morgan fingerprint density at radius 2 is 1.26 bits per heavy atom. The van der Waals surface area contributed by atoms with E-state index in [0.717, 1.165) is 6.07 Å².